The summed E-state index contributed by atoms with van der Waals surface area (Å²) in [6.45, 7) is 5.79. The average Bonchev–Trinajstić information content (AvgIpc) is 2.78. The molecule has 1 aromatic rings. The lowest BCUT2D eigenvalue weighted by Gasteiger charge is -2.19. The molecule has 0 radical (unpaired) electrons. The second-order valence-electron chi connectivity index (χ2n) is 3.67. The third-order valence-corrected chi connectivity index (χ3v) is 2.22. The van der Waals surface area contributed by atoms with Crippen LogP contribution in [0, 0.1) is 0 Å². The van der Waals surface area contributed by atoms with Crippen molar-refractivity contribution in [1.82, 2.24) is 14.9 Å². The molecule has 0 spiro atoms. The molecule has 0 atom stereocenters. The standard InChI is InChI=1S/C12H19N3O/c1-3-7-15(8-4-2)12(16)6-5-11-9-13-10-14-11/h5-6,9-10H,3-4,7-8H2,1-2H3,(H,13,14)/b6-5+. The molecule has 0 bridgehead atoms. The molecule has 0 aromatic carbocycles. The lowest BCUT2D eigenvalue weighted by molar-refractivity contribution is -0.126. The molecule has 1 N–H and O–H groups in total. The summed E-state index contributed by atoms with van der Waals surface area (Å²) in [5.74, 6) is 0.0679. The third kappa shape index (κ3) is 3.88. The summed E-state index contributed by atoms with van der Waals surface area (Å²) in [7, 11) is 0. The van der Waals surface area contributed by atoms with Gasteiger partial charge in [-0.05, 0) is 18.9 Å². The van der Waals surface area contributed by atoms with Gasteiger partial charge in [-0.2, -0.15) is 0 Å². The van der Waals surface area contributed by atoms with Gasteiger partial charge in [-0.3, -0.25) is 4.79 Å². The van der Waals surface area contributed by atoms with Gasteiger partial charge in [0.05, 0.1) is 18.2 Å². The molecule has 88 valence electrons. The molecule has 0 aliphatic carbocycles. The summed E-state index contributed by atoms with van der Waals surface area (Å²) in [5.41, 5.74) is 0.848. The van der Waals surface area contributed by atoms with E-state index in [1.54, 1.807) is 24.7 Å². The topological polar surface area (TPSA) is 49.0 Å². The van der Waals surface area contributed by atoms with Gasteiger partial charge >= 0.3 is 0 Å². The number of hydrogen-bond donors (Lipinski definition) is 1. The van der Waals surface area contributed by atoms with Crippen LogP contribution in [0.5, 0.6) is 0 Å². The van der Waals surface area contributed by atoms with Crippen LogP contribution in [0.3, 0.4) is 0 Å². The number of carbonyl (C=O) groups excluding carboxylic acids is 1. The number of nitrogens with one attached hydrogen (secondary N) is 1. The Bertz CT molecular complexity index is 324. The maximum Gasteiger partial charge on any atom is 0.246 e. The normalized spacial score (nSPS) is 10.9. The SMILES string of the molecule is CCCN(CCC)C(=O)/C=C/c1cnc[nH]1. The second-order valence-corrected chi connectivity index (χ2v) is 3.67. The summed E-state index contributed by atoms with van der Waals surface area (Å²) < 4.78 is 0. The summed E-state index contributed by atoms with van der Waals surface area (Å²) in [5, 5.41) is 0. The number of carbonyl (C=O) groups is 1. The maximum atomic E-state index is 11.8. The van der Waals surface area contributed by atoms with Crippen molar-refractivity contribution < 1.29 is 4.79 Å². The molecule has 1 rings (SSSR count). The van der Waals surface area contributed by atoms with Gasteiger partial charge in [-0.25, -0.2) is 4.98 Å². The lowest BCUT2D eigenvalue weighted by atomic mass is 10.3. The Balaban J connectivity index is 2.54. The van der Waals surface area contributed by atoms with E-state index in [0.717, 1.165) is 31.6 Å². The molecular weight excluding hydrogens is 202 g/mol. The maximum absolute atomic E-state index is 11.8. The molecule has 1 aromatic heterocycles. The molecule has 0 saturated carbocycles. The molecule has 16 heavy (non-hydrogen) atoms. The van der Waals surface area contributed by atoms with Crippen molar-refractivity contribution in [3.05, 3.63) is 24.3 Å². The number of aromatic nitrogens is 2. The van der Waals surface area contributed by atoms with E-state index in [0.29, 0.717) is 0 Å². The van der Waals surface area contributed by atoms with Crippen LogP contribution in [0.1, 0.15) is 32.4 Å². The Kier molecular flexibility index (Phi) is 5.32. The van der Waals surface area contributed by atoms with Crippen molar-refractivity contribution in [2.24, 2.45) is 0 Å². The zero-order chi connectivity index (χ0) is 11.8. The minimum absolute atomic E-state index is 0.0679. The van der Waals surface area contributed by atoms with Gasteiger partial charge in [-0.15, -0.1) is 0 Å². The molecular formula is C12H19N3O. The molecule has 1 amide bonds. The Labute approximate surface area is 96.4 Å². The van der Waals surface area contributed by atoms with Crippen LogP contribution in [0.2, 0.25) is 0 Å². The average molecular weight is 221 g/mol. The number of aromatic amines is 1. The first-order valence-corrected chi connectivity index (χ1v) is 5.73. The summed E-state index contributed by atoms with van der Waals surface area (Å²) in [6, 6.07) is 0. The van der Waals surface area contributed by atoms with Crippen LogP contribution in [0.15, 0.2) is 18.6 Å². The zero-order valence-corrected chi connectivity index (χ0v) is 9.94. The highest BCUT2D eigenvalue weighted by Crippen LogP contribution is 2.00. The monoisotopic (exact) mass is 221 g/mol. The van der Waals surface area contributed by atoms with Gasteiger partial charge in [0.1, 0.15) is 0 Å². The second kappa shape index (κ2) is 6.82. The van der Waals surface area contributed by atoms with Gasteiger partial charge in [-0.1, -0.05) is 13.8 Å². The van der Waals surface area contributed by atoms with Gasteiger partial charge < -0.3 is 9.88 Å². The fraction of sp³-hybridized carbons (Fsp3) is 0.500. The Morgan fingerprint density at radius 2 is 2.12 bits per heavy atom. The first-order chi connectivity index (χ1) is 7.77. The largest absolute Gasteiger partial charge is 0.345 e. The minimum atomic E-state index is 0.0679. The summed E-state index contributed by atoms with van der Waals surface area (Å²) in [4.78, 5) is 20.5. The molecule has 0 saturated heterocycles. The van der Waals surface area contributed by atoms with Gasteiger partial charge in [0, 0.05) is 19.2 Å². The molecule has 4 heteroatoms. The number of rotatable bonds is 6. The quantitative estimate of drug-likeness (QED) is 0.748. The Morgan fingerprint density at radius 3 is 2.62 bits per heavy atom. The highest BCUT2D eigenvalue weighted by molar-refractivity contribution is 5.91. The van der Waals surface area contributed by atoms with Crippen molar-refractivity contribution >= 4 is 12.0 Å². The highest BCUT2D eigenvalue weighted by atomic mass is 16.2. The van der Waals surface area contributed by atoms with E-state index in [1.807, 2.05) is 4.90 Å². The molecule has 0 fully saturated rings. The van der Waals surface area contributed by atoms with E-state index in [1.165, 1.54) is 0 Å². The molecule has 0 unspecified atom stereocenters. The van der Waals surface area contributed by atoms with Crippen molar-refractivity contribution in [2.75, 3.05) is 13.1 Å². The molecule has 0 aliphatic heterocycles. The Morgan fingerprint density at radius 1 is 1.44 bits per heavy atom. The molecule has 1 heterocycles. The minimum Gasteiger partial charge on any atom is -0.345 e. The van der Waals surface area contributed by atoms with Crippen LogP contribution in [0.25, 0.3) is 6.08 Å². The summed E-state index contributed by atoms with van der Waals surface area (Å²) in [6.07, 6.45) is 8.62. The van der Waals surface area contributed by atoms with E-state index in [2.05, 4.69) is 23.8 Å². The number of imidazole rings is 1. The van der Waals surface area contributed by atoms with Gasteiger partial charge in [0.15, 0.2) is 0 Å². The first kappa shape index (κ1) is 12.5. The van der Waals surface area contributed by atoms with Crippen molar-refractivity contribution in [3.8, 4) is 0 Å². The molecule has 4 nitrogen and oxygen atoms in total. The number of amides is 1. The number of hydrogen-bond acceptors (Lipinski definition) is 2. The van der Waals surface area contributed by atoms with Crippen molar-refractivity contribution in [2.45, 2.75) is 26.7 Å². The van der Waals surface area contributed by atoms with Crippen LogP contribution in [-0.2, 0) is 4.79 Å². The molecule has 0 aliphatic rings. The number of H-pyrrole nitrogens is 1. The fourth-order valence-electron chi connectivity index (χ4n) is 1.50. The summed E-state index contributed by atoms with van der Waals surface area (Å²) >= 11 is 0. The van der Waals surface area contributed by atoms with E-state index >= 15 is 0 Å². The van der Waals surface area contributed by atoms with Crippen LogP contribution < -0.4 is 0 Å². The van der Waals surface area contributed by atoms with Gasteiger partial charge in [0.25, 0.3) is 0 Å². The van der Waals surface area contributed by atoms with Gasteiger partial charge in [0.2, 0.25) is 5.91 Å². The van der Waals surface area contributed by atoms with Crippen LogP contribution in [0.4, 0.5) is 0 Å². The number of nitrogens with zero attached hydrogens (tertiary/aromatic N) is 2. The third-order valence-electron chi connectivity index (χ3n) is 2.22. The Hall–Kier alpha value is -1.58. The van der Waals surface area contributed by atoms with E-state index in [9.17, 15) is 4.79 Å². The van der Waals surface area contributed by atoms with Crippen molar-refractivity contribution in [3.63, 3.8) is 0 Å². The highest BCUT2D eigenvalue weighted by Gasteiger charge is 2.07. The first-order valence-electron chi connectivity index (χ1n) is 5.73. The van der Waals surface area contributed by atoms with E-state index < -0.39 is 0 Å². The lowest BCUT2D eigenvalue weighted by Crippen LogP contribution is -2.30. The van der Waals surface area contributed by atoms with E-state index in [4.69, 9.17) is 0 Å². The smallest absolute Gasteiger partial charge is 0.246 e. The van der Waals surface area contributed by atoms with Crippen LogP contribution in [-0.4, -0.2) is 33.9 Å². The predicted octanol–water partition coefficient (Wildman–Crippen LogP) is 2.07. The van der Waals surface area contributed by atoms with Crippen LogP contribution >= 0.6 is 0 Å². The zero-order valence-electron chi connectivity index (χ0n) is 9.94. The van der Waals surface area contributed by atoms with Crippen molar-refractivity contribution in [1.29, 1.82) is 0 Å². The predicted molar refractivity (Wildman–Crippen MR) is 64.8 cm³/mol. The fourth-order valence-corrected chi connectivity index (χ4v) is 1.50. The van der Waals surface area contributed by atoms with E-state index in [-0.39, 0.29) is 5.91 Å².